The van der Waals surface area contributed by atoms with Gasteiger partial charge in [0, 0.05) is 11.8 Å². The number of aromatic nitrogens is 2. The lowest BCUT2D eigenvalue weighted by Gasteiger charge is -2.16. The van der Waals surface area contributed by atoms with Crippen LogP contribution in [0.3, 0.4) is 0 Å². The summed E-state index contributed by atoms with van der Waals surface area (Å²) >= 11 is 0. The van der Waals surface area contributed by atoms with Gasteiger partial charge in [0.15, 0.2) is 5.69 Å². The van der Waals surface area contributed by atoms with Crippen LogP contribution in [0.2, 0.25) is 0 Å². The Morgan fingerprint density at radius 1 is 1.30 bits per heavy atom. The van der Waals surface area contributed by atoms with Crippen LogP contribution in [0, 0.1) is 0 Å². The summed E-state index contributed by atoms with van der Waals surface area (Å²) in [4.78, 5) is 0. The van der Waals surface area contributed by atoms with Gasteiger partial charge in [-0.2, -0.15) is 18.3 Å². The Labute approximate surface area is 113 Å². The van der Waals surface area contributed by atoms with Crippen LogP contribution in [0.1, 0.15) is 24.3 Å². The van der Waals surface area contributed by atoms with Crippen molar-refractivity contribution in [3.63, 3.8) is 0 Å². The van der Waals surface area contributed by atoms with Gasteiger partial charge in [-0.05, 0) is 25.1 Å². The van der Waals surface area contributed by atoms with Crippen molar-refractivity contribution < 1.29 is 23.0 Å². The van der Waals surface area contributed by atoms with Crippen molar-refractivity contribution in [2.24, 2.45) is 0 Å². The van der Waals surface area contributed by atoms with E-state index in [1.807, 2.05) is 0 Å². The molecular formula is C13H13F3N2O2. The fourth-order valence-electron chi connectivity index (χ4n) is 1.94. The average Bonchev–Trinajstić information content (AvgIpc) is 2.86. The Balaban J connectivity index is 2.55. The SMILES string of the molecule is COc1cccc(-n2ccc(C(F)(F)F)n2)c1C(C)O. The molecule has 0 saturated heterocycles. The lowest BCUT2D eigenvalue weighted by Crippen LogP contribution is -2.09. The molecule has 0 aliphatic rings. The second kappa shape index (κ2) is 5.16. The van der Waals surface area contributed by atoms with Gasteiger partial charge in [-0.1, -0.05) is 6.07 Å². The summed E-state index contributed by atoms with van der Waals surface area (Å²) in [7, 11) is 1.43. The quantitative estimate of drug-likeness (QED) is 0.943. The Kier molecular flexibility index (Phi) is 3.71. The molecular weight excluding hydrogens is 273 g/mol. The van der Waals surface area contributed by atoms with Crippen LogP contribution in [-0.2, 0) is 6.18 Å². The van der Waals surface area contributed by atoms with Crippen LogP contribution in [-0.4, -0.2) is 22.0 Å². The summed E-state index contributed by atoms with van der Waals surface area (Å²) in [5, 5.41) is 13.3. The number of rotatable bonds is 3. The van der Waals surface area contributed by atoms with E-state index in [4.69, 9.17) is 4.74 Å². The van der Waals surface area contributed by atoms with E-state index in [9.17, 15) is 18.3 Å². The van der Waals surface area contributed by atoms with Crippen molar-refractivity contribution in [2.75, 3.05) is 7.11 Å². The molecule has 1 unspecified atom stereocenters. The Morgan fingerprint density at radius 2 is 2.00 bits per heavy atom. The summed E-state index contributed by atoms with van der Waals surface area (Å²) in [6.07, 6.45) is -4.21. The molecule has 0 amide bonds. The molecule has 0 radical (unpaired) electrons. The molecule has 20 heavy (non-hydrogen) atoms. The molecule has 1 heterocycles. The third-order valence-electron chi connectivity index (χ3n) is 2.81. The highest BCUT2D eigenvalue weighted by atomic mass is 19.4. The second-order valence-electron chi connectivity index (χ2n) is 4.21. The smallest absolute Gasteiger partial charge is 0.435 e. The van der Waals surface area contributed by atoms with E-state index in [1.165, 1.54) is 20.2 Å². The zero-order chi connectivity index (χ0) is 14.9. The molecule has 2 rings (SSSR count). The second-order valence-corrected chi connectivity index (χ2v) is 4.21. The molecule has 108 valence electrons. The highest BCUT2D eigenvalue weighted by molar-refractivity contribution is 5.50. The van der Waals surface area contributed by atoms with Crippen molar-refractivity contribution in [2.45, 2.75) is 19.2 Å². The predicted molar refractivity (Wildman–Crippen MR) is 65.8 cm³/mol. The van der Waals surface area contributed by atoms with Gasteiger partial charge in [-0.3, -0.25) is 0 Å². The minimum absolute atomic E-state index is 0.342. The van der Waals surface area contributed by atoms with Crippen molar-refractivity contribution in [3.05, 3.63) is 41.7 Å². The minimum atomic E-state index is -4.50. The van der Waals surface area contributed by atoms with Gasteiger partial charge in [0.1, 0.15) is 5.75 Å². The number of aliphatic hydroxyl groups is 1. The lowest BCUT2D eigenvalue weighted by atomic mass is 10.1. The number of benzene rings is 1. The number of methoxy groups -OCH3 is 1. The van der Waals surface area contributed by atoms with E-state index < -0.39 is 18.0 Å². The van der Waals surface area contributed by atoms with E-state index in [-0.39, 0.29) is 0 Å². The lowest BCUT2D eigenvalue weighted by molar-refractivity contribution is -0.141. The number of aliphatic hydroxyl groups excluding tert-OH is 1. The summed E-state index contributed by atoms with van der Waals surface area (Å²) in [5.74, 6) is 0.390. The molecule has 1 atom stereocenters. The molecule has 1 aromatic carbocycles. The number of hydrogen-bond donors (Lipinski definition) is 1. The van der Waals surface area contributed by atoms with Gasteiger partial charge in [0.25, 0.3) is 0 Å². The van der Waals surface area contributed by atoms with Crippen LogP contribution in [0.5, 0.6) is 5.75 Å². The zero-order valence-corrected chi connectivity index (χ0v) is 10.8. The molecule has 0 aliphatic carbocycles. The first-order valence-corrected chi connectivity index (χ1v) is 5.82. The third-order valence-corrected chi connectivity index (χ3v) is 2.81. The first kappa shape index (κ1) is 14.4. The molecule has 0 bridgehead atoms. The summed E-state index contributed by atoms with van der Waals surface area (Å²) in [6.45, 7) is 1.51. The third kappa shape index (κ3) is 2.62. The molecule has 1 N–H and O–H groups in total. The van der Waals surface area contributed by atoms with Crippen molar-refractivity contribution in [3.8, 4) is 11.4 Å². The topological polar surface area (TPSA) is 47.3 Å². The monoisotopic (exact) mass is 286 g/mol. The Morgan fingerprint density at radius 3 is 2.50 bits per heavy atom. The largest absolute Gasteiger partial charge is 0.496 e. The van der Waals surface area contributed by atoms with Gasteiger partial charge >= 0.3 is 6.18 Å². The van der Waals surface area contributed by atoms with Gasteiger partial charge in [-0.15, -0.1) is 0 Å². The van der Waals surface area contributed by atoms with Gasteiger partial charge in [0.2, 0.25) is 0 Å². The Bertz CT molecular complexity index is 606. The molecule has 4 nitrogen and oxygen atoms in total. The van der Waals surface area contributed by atoms with E-state index in [1.54, 1.807) is 18.2 Å². The fourth-order valence-corrected chi connectivity index (χ4v) is 1.94. The maximum Gasteiger partial charge on any atom is 0.435 e. The van der Waals surface area contributed by atoms with Crippen molar-refractivity contribution >= 4 is 0 Å². The Hall–Kier alpha value is -2.02. The molecule has 7 heteroatoms. The first-order valence-electron chi connectivity index (χ1n) is 5.82. The molecule has 0 fully saturated rings. The molecule has 0 saturated carbocycles. The summed E-state index contributed by atoms with van der Waals surface area (Å²) in [5.41, 5.74) is -0.265. The standard InChI is InChI=1S/C13H13F3N2O2/c1-8(19)12-9(4-3-5-10(12)20-2)18-7-6-11(17-18)13(14,15)16/h3-8,19H,1-2H3. The van der Waals surface area contributed by atoms with Crippen LogP contribution in [0.15, 0.2) is 30.5 Å². The number of halogens is 3. The van der Waals surface area contributed by atoms with Gasteiger partial charge < -0.3 is 9.84 Å². The van der Waals surface area contributed by atoms with Crippen LogP contribution >= 0.6 is 0 Å². The molecule has 0 spiro atoms. The van der Waals surface area contributed by atoms with E-state index in [2.05, 4.69) is 5.10 Å². The van der Waals surface area contributed by atoms with Crippen molar-refractivity contribution in [1.29, 1.82) is 0 Å². The van der Waals surface area contributed by atoms with E-state index >= 15 is 0 Å². The van der Waals surface area contributed by atoms with Crippen LogP contribution in [0.4, 0.5) is 13.2 Å². The fraction of sp³-hybridized carbons (Fsp3) is 0.308. The average molecular weight is 286 g/mol. The number of hydrogen-bond acceptors (Lipinski definition) is 3. The van der Waals surface area contributed by atoms with E-state index in [0.717, 1.165) is 10.7 Å². The number of nitrogens with zero attached hydrogens (tertiary/aromatic N) is 2. The minimum Gasteiger partial charge on any atom is -0.496 e. The molecule has 0 aliphatic heterocycles. The van der Waals surface area contributed by atoms with Crippen LogP contribution in [0.25, 0.3) is 5.69 Å². The summed E-state index contributed by atoms with van der Waals surface area (Å²) in [6, 6.07) is 5.69. The highest BCUT2D eigenvalue weighted by Crippen LogP contribution is 2.32. The van der Waals surface area contributed by atoms with E-state index in [0.29, 0.717) is 17.0 Å². The molecule has 2 aromatic rings. The van der Waals surface area contributed by atoms with Crippen molar-refractivity contribution in [1.82, 2.24) is 9.78 Å². The van der Waals surface area contributed by atoms with Crippen LogP contribution < -0.4 is 4.74 Å². The number of alkyl halides is 3. The highest BCUT2D eigenvalue weighted by Gasteiger charge is 2.34. The van der Waals surface area contributed by atoms with Gasteiger partial charge in [-0.25, -0.2) is 4.68 Å². The number of ether oxygens (including phenoxy) is 1. The first-order chi connectivity index (χ1) is 9.34. The van der Waals surface area contributed by atoms with Gasteiger partial charge in [0.05, 0.1) is 18.9 Å². The normalized spacial score (nSPS) is 13.3. The maximum atomic E-state index is 12.6. The maximum absolute atomic E-state index is 12.6. The summed E-state index contributed by atoms with van der Waals surface area (Å²) < 4.78 is 43.9. The predicted octanol–water partition coefficient (Wildman–Crippen LogP) is 2.95. The zero-order valence-electron chi connectivity index (χ0n) is 10.8. The molecule has 1 aromatic heterocycles.